The Morgan fingerprint density at radius 1 is 1.36 bits per heavy atom. The van der Waals surface area contributed by atoms with Crippen LogP contribution in [-0.2, 0) is 11.3 Å². The molecule has 0 saturated carbocycles. The number of hydrogen-bond acceptors (Lipinski definition) is 6. The van der Waals surface area contributed by atoms with Crippen LogP contribution in [0.5, 0.6) is 0 Å². The molecule has 25 heavy (non-hydrogen) atoms. The van der Waals surface area contributed by atoms with Crippen LogP contribution >= 0.6 is 23.1 Å². The molecule has 1 aromatic heterocycles. The normalized spacial score (nSPS) is 10.5. The summed E-state index contributed by atoms with van der Waals surface area (Å²) in [5, 5.41) is 12.0. The summed E-state index contributed by atoms with van der Waals surface area (Å²) in [6.07, 6.45) is 0. The molecule has 0 fully saturated rings. The van der Waals surface area contributed by atoms with Crippen molar-refractivity contribution in [1.82, 2.24) is 15.1 Å². The minimum absolute atomic E-state index is 0.0616. The van der Waals surface area contributed by atoms with Gasteiger partial charge in [-0.3, -0.25) is 4.79 Å². The van der Waals surface area contributed by atoms with E-state index in [0.29, 0.717) is 30.5 Å². The van der Waals surface area contributed by atoms with Crippen LogP contribution in [0.4, 0.5) is 9.52 Å². The number of nitrogens with zero attached hydrogens (tertiary/aromatic N) is 3. The number of thioether (sulfide) groups is 1. The first kappa shape index (κ1) is 19.4. The summed E-state index contributed by atoms with van der Waals surface area (Å²) in [5.74, 6) is 0.135. The van der Waals surface area contributed by atoms with Crippen molar-refractivity contribution in [3.8, 4) is 0 Å². The van der Waals surface area contributed by atoms with Gasteiger partial charge in [-0.2, -0.15) is 0 Å². The lowest BCUT2D eigenvalue weighted by Crippen LogP contribution is -2.33. The van der Waals surface area contributed by atoms with E-state index in [4.69, 9.17) is 0 Å². The highest BCUT2D eigenvalue weighted by Crippen LogP contribution is 2.26. The van der Waals surface area contributed by atoms with Crippen molar-refractivity contribution in [3.63, 3.8) is 0 Å². The maximum atomic E-state index is 12.9. The Morgan fingerprint density at radius 3 is 2.72 bits per heavy atom. The summed E-state index contributed by atoms with van der Waals surface area (Å²) in [6, 6.07) is 6.29. The number of amides is 1. The number of halogens is 1. The molecule has 1 N–H and O–H groups in total. The molecule has 0 saturated heterocycles. The first-order valence-corrected chi connectivity index (χ1v) is 9.65. The van der Waals surface area contributed by atoms with Crippen LogP contribution in [0.25, 0.3) is 0 Å². The van der Waals surface area contributed by atoms with E-state index in [9.17, 15) is 9.18 Å². The van der Waals surface area contributed by atoms with Gasteiger partial charge >= 0.3 is 0 Å². The van der Waals surface area contributed by atoms with Gasteiger partial charge in [0.15, 0.2) is 4.34 Å². The average molecular weight is 381 g/mol. The maximum absolute atomic E-state index is 12.9. The number of nitrogens with one attached hydrogen (secondary N) is 1. The molecule has 0 unspecified atom stereocenters. The average Bonchev–Trinajstić information content (AvgIpc) is 3.05. The SMILES string of the molecule is C=C(C)CN(CC)C(=O)CSc1nnc(NCc2ccc(F)cc2)s1. The summed E-state index contributed by atoms with van der Waals surface area (Å²) < 4.78 is 13.6. The van der Waals surface area contributed by atoms with Crippen molar-refractivity contribution in [2.45, 2.75) is 24.7 Å². The van der Waals surface area contributed by atoms with Crippen molar-refractivity contribution in [3.05, 3.63) is 47.8 Å². The van der Waals surface area contributed by atoms with E-state index in [1.807, 2.05) is 13.8 Å². The fourth-order valence-corrected chi connectivity index (χ4v) is 3.69. The molecule has 134 valence electrons. The smallest absolute Gasteiger partial charge is 0.233 e. The molecule has 0 atom stereocenters. The molecule has 0 aliphatic rings. The summed E-state index contributed by atoms with van der Waals surface area (Å²) >= 11 is 2.78. The fourth-order valence-electron chi connectivity index (χ4n) is 2.04. The highest BCUT2D eigenvalue weighted by atomic mass is 32.2. The molecule has 5 nitrogen and oxygen atoms in total. The van der Waals surface area contributed by atoms with Gasteiger partial charge in [-0.15, -0.1) is 10.2 Å². The number of rotatable bonds is 9. The van der Waals surface area contributed by atoms with E-state index >= 15 is 0 Å². The van der Waals surface area contributed by atoms with Gasteiger partial charge in [0.05, 0.1) is 5.75 Å². The molecule has 1 amide bonds. The first-order chi connectivity index (χ1) is 12.0. The van der Waals surface area contributed by atoms with Crippen LogP contribution in [-0.4, -0.2) is 39.8 Å². The zero-order chi connectivity index (χ0) is 18.2. The summed E-state index contributed by atoms with van der Waals surface area (Å²) in [5.41, 5.74) is 1.92. The quantitative estimate of drug-likeness (QED) is 0.530. The number of benzene rings is 1. The first-order valence-electron chi connectivity index (χ1n) is 7.84. The summed E-state index contributed by atoms with van der Waals surface area (Å²) in [4.78, 5) is 14.0. The van der Waals surface area contributed by atoms with Crippen molar-refractivity contribution < 1.29 is 9.18 Å². The minimum atomic E-state index is -0.254. The highest BCUT2D eigenvalue weighted by Gasteiger charge is 2.13. The minimum Gasteiger partial charge on any atom is -0.356 e. The van der Waals surface area contributed by atoms with Crippen LogP contribution in [0.3, 0.4) is 0 Å². The van der Waals surface area contributed by atoms with Crippen molar-refractivity contribution in [2.75, 3.05) is 24.2 Å². The van der Waals surface area contributed by atoms with Gasteiger partial charge in [0.2, 0.25) is 11.0 Å². The van der Waals surface area contributed by atoms with Gasteiger partial charge < -0.3 is 10.2 Å². The lowest BCUT2D eigenvalue weighted by atomic mass is 10.2. The van der Waals surface area contributed by atoms with E-state index in [-0.39, 0.29) is 11.7 Å². The van der Waals surface area contributed by atoms with Crippen LogP contribution in [0, 0.1) is 5.82 Å². The van der Waals surface area contributed by atoms with Crippen LogP contribution < -0.4 is 5.32 Å². The monoisotopic (exact) mass is 380 g/mol. The lowest BCUT2D eigenvalue weighted by molar-refractivity contribution is -0.127. The Bertz CT molecular complexity index is 718. The van der Waals surface area contributed by atoms with Crippen LogP contribution in [0.2, 0.25) is 0 Å². The third kappa shape index (κ3) is 6.47. The zero-order valence-electron chi connectivity index (χ0n) is 14.3. The second kappa shape index (κ2) is 9.53. The predicted molar refractivity (Wildman–Crippen MR) is 101 cm³/mol. The highest BCUT2D eigenvalue weighted by molar-refractivity contribution is 8.01. The van der Waals surface area contributed by atoms with Crippen molar-refractivity contribution in [1.29, 1.82) is 0 Å². The Balaban J connectivity index is 1.81. The summed E-state index contributed by atoms with van der Waals surface area (Å²) in [7, 11) is 0. The fraction of sp³-hybridized carbons (Fsp3) is 0.353. The molecule has 1 heterocycles. The third-order valence-corrected chi connectivity index (χ3v) is 5.28. The largest absolute Gasteiger partial charge is 0.356 e. The van der Waals surface area contributed by atoms with Crippen LogP contribution in [0.1, 0.15) is 19.4 Å². The number of anilines is 1. The van der Waals surface area contributed by atoms with Gasteiger partial charge in [0.25, 0.3) is 0 Å². The Kier molecular flexibility index (Phi) is 7.39. The van der Waals surface area contributed by atoms with E-state index in [0.717, 1.165) is 15.5 Å². The molecule has 0 aliphatic carbocycles. The van der Waals surface area contributed by atoms with Crippen molar-refractivity contribution >= 4 is 34.1 Å². The van der Waals surface area contributed by atoms with Crippen molar-refractivity contribution in [2.24, 2.45) is 0 Å². The number of hydrogen-bond donors (Lipinski definition) is 1. The van der Waals surface area contributed by atoms with Gasteiger partial charge in [-0.25, -0.2) is 4.39 Å². The molecular formula is C17H21FN4OS2. The molecule has 2 aromatic rings. The molecule has 2 rings (SSSR count). The van der Waals surface area contributed by atoms with E-state index < -0.39 is 0 Å². The standard InChI is InChI=1S/C17H21FN4OS2/c1-4-22(10-12(2)3)15(23)11-24-17-21-20-16(25-17)19-9-13-5-7-14(18)8-6-13/h5-8H,2,4,9-11H2,1,3H3,(H,19,20). The second-order valence-electron chi connectivity index (χ2n) is 5.51. The number of carbonyl (C=O) groups excluding carboxylic acids is 1. The van der Waals surface area contributed by atoms with Gasteiger partial charge in [0, 0.05) is 19.6 Å². The molecule has 0 spiro atoms. The molecule has 0 aliphatic heterocycles. The Hall–Kier alpha value is -1.93. The van der Waals surface area contributed by atoms with E-state index in [1.54, 1.807) is 17.0 Å². The molecule has 8 heteroatoms. The third-order valence-electron chi connectivity index (χ3n) is 3.28. The lowest BCUT2D eigenvalue weighted by Gasteiger charge is -2.20. The van der Waals surface area contributed by atoms with Gasteiger partial charge in [-0.05, 0) is 31.5 Å². The van der Waals surface area contributed by atoms with E-state index in [1.165, 1.54) is 35.2 Å². The Labute approximate surface area is 155 Å². The molecular weight excluding hydrogens is 359 g/mol. The topological polar surface area (TPSA) is 58.1 Å². The Morgan fingerprint density at radius 2 is 2.08 bits per heavy atom. The van der Waals surface area contributed by atoms with E-state index in [2.05, 4.69) is 22.1 Å². The molecule has 0 radical (unpaired) electrons. The molecule has 1 aromatic carbocycles. The number of carbonyl (C=O) groups is 1. The summed E-state index contributed by atoms with van der Waals surface area (Å²) in [6.45, 7) is 9.49. The van der Waals surface area contributed by atoms with Crippen LogP contribution in [0.15, 0.2) is 40.8 Å². The molecule has 0 bridgehead atoms. The maximum Gasteiger partial charge on any atom is 0.233 e. The second-order valence-corrected chi connectivity index (χ2v) is 7.71. The predicted octanol–water partition coefficient (Wildman–Crippen LogP) is 3.81. The van der Waals surface area contributed by atoms with Gasteiger partial charge in [-0.1, -0.05) is 47.4 Å². The number of likely N-dealkylation sites (N-methyl/N-ethyl adjacent to an activating group) is 1. The van der Waals surface area contributed by atoms with Gasteiger partial charge in [0.1, 0.15) is 5.82 Å². The number of aromatic nitrogens is 2. The zero-order valence-corrected chi connectivity index (χ0v) is 15.9.